The Morgan fingerprint density at radius 3 is 2.48 bits per heavy atom. The van der Waals surface area contributed by atoms with E-state index in [0.29, 0.717) is 12.1 Å². The fourth-order valence-corrected chi connectivity index (χ4v) is 3.39. The molecule has 0 aliphatic heterocycles. The first-order valence-electron chi connectivity index (χ1n) is 7.99. The van der Waals surface area contributed by atoms with Crippen molar-refractivity contribution >= 4 is 21.6 Å². The Hall–Kier alpha value is -3.26. The van der Waals surface area contributed by atoms with Gasteiger partial charge in [-0.25, -0.2) is 12.8 Å². The quantitative estimate of drug-likeness (QED) is 0.683. The van der Waals surface area contributed by atoms with Crippen LogP contribution in [-0.2, 0) is 16.6 Å². The number of nitrogens with one attached hydrogen (secondary N) is 2. The molecule has 3 aromatic rings. The second kappa shape index (κ2) is 7.96. The zero-order valence-corrected chi connectivity index (χ0v) is 14.9. The first-order chi connectivity index (χ1) is 12.9. The first-order valence-corrected chi connectivity index (χ1v) is 9.48. The third-order valence-electron chi connectivity index (χ3n) is 3.68. The van der Waals surface area contributed by atoms with E-state index < -0.39 is 15.8 Å². The molecule has 8 heteroatoms. The zero-order chi connectivity index (χ0) is 19.3. The van der Waals surface area contributed by atoms with E-state index in [1.165, 1.54) is 42.5 Å². The fraction of sp³-hybridized carbons (Fsp3) is 0.0526. The van der Waals surface area contributed by atoms with Crippen LogP contribution in [0.15, 0.2) is 78.0 Å². The van der Waals surface area contributed by atoms with Gasteiger partial charge in [-0.15, -0.1) is 0 Å². The summed E-state index contributed by atoms with van der Waals surface area (Å²) in [5, 5.41) is 2.73. The van der Waals surface area contributed by atoms with Gasteiger partial charge in [-0.3, -0.25) is 14.5 Å². The van der Waals surface area contributed by atoms with Gasteiger partial charge >= 0.3 is 0 Å². The monoisotopic (exact) mass is 385 g/mol. The Morgan fingerprint density at radius 1 is 1.04 bits per heavy atom. The SMILES string of the molecule is O=C(NCc1cccnc1)c1ccc(S(=O)(=O)Nc2cccc(F)c2)cc1. The number of sulfonamides is 1. The number of aromatic nitrogens is 1. The molecule has 3 rings (SSSR count). The molecule has 0 spiro atoms. The molecule has 0 radical (unpaired) electrons. The van der Waals surface area contributed by atoms with Crippen molar-refractivity contribution < 1.29 is 17.6 Å². The van der Waals surface area contributed by atoms with Crippen molar-refractivity contribution in [1.29, 1.82) is 0 Å². The van der Waals surface area contributed by atoms with Crippen molar-refractivity contribution in [1.82, 2.24) is 10.3 Å². The van der Waals surface area contributed by atoms with Crippen molar-refractivity contribution in [2.24, 2.45) is 0 Å². The van der Waals surface area contributed by atoms with Crippen molar-refractivity contribution in [2.45, 2.75) is 11.4 Å². The topological polar surface area (TPSA) is 88.2 Å². The van der Waals surface area contributed by atoms with Crippen LogP contribution in [0.2, 0.25) is 0 Å². The van der Waals surface area contributed by atoms with Gasteiger partial charge in [-0.1, -0.05) is 12.1 Å². The number of hydrogen-bond donors (Lipinski definition) is 2. The molecule has 2 aromatic carbocycles. The second-order valence-corrected chi connectivity index (χ2v) is 7.37. The van der Waals surface area contributed by atoms with Crippen LogP contribution in [0.5, 0.6) is 0 Å². The lowest BCUT2D eigenvalue weighted by Gasteiger charge is -2.09. The minimum Gasteiger partial charge on any atom is -0.348 e. The molecule has 0 atom stereocenters. The van der Waals surface area contributed by atoms with E-state index >= 15 is 0 Å². The van der Waals surface area contributed by atoms with Crippen LogP contribution in [0.3, 0.4) is 0 Å². The number of anilines is 1. The average molecular weight is 385 g/mol. The van der Waals surface area contributed by atoms with Gasteiger partial charge in [0.25, 0.3) is 15.9 Å². The predicted octanol–water partition coefficient (Wildman–Crippen LogP) is 2.95. The third kappa shape index (κ3) is 4.89. The van der Waals surface area contributed by atoms with Gasteiger partial charge in [0.15, 0.2) is 0 Å². The highest BCUT2D eigenvalue weighted by molar-refractivity contribution is 7.92. The van der Waals surface area contributed by atoms with Crippen LogP contribution in [0.1, 0.15) is 15.9 Å². The summed E-state index contributed by atoms with van der Waals surface area (Å²) in [4.78, 5) is 16.1. The molecule has 1 amide bonds. The molecule has 0 saturated heterocycles. The summed E-state index contributed by atoms with van der Waals surface area (Å²) in [5.74, 6) is -0.878. The molecule has 1 aromatic heterocycles. The first kappa shape index (κ1) is 18.5. The largest absolute Gasteiger partial charge is 0.348 e. The van der Waals surface area contributed by atoms with Crippen LogP contribution >= 0.6 is 0 Å². The lowest BCUT2D eigenvalue weighted by molar-refractivity contribution is 0.0951. The minimum atomic E-state index is -3.88. The second-order valence-electron chi connectivity index (χ2n) is 5.68. The standard InChI is InChI=1S/C19H16FN3O3S/c20-16-4-1-5-17(11-16)23-27(25,26)18-8-6-15(7-9-18)19(24)22-13-14-3-2-10-21-12-14/h1-12,23H,13H2,(H,22,24). The number of halogens is 1. The summed E-state index contributed by atoms with van der Waals surface area (Å²) in [7, 11) is -3.88. The zero-order valence-electron chi connectivity index (χ0n) is 14.1. The minimum absolute atomic E-state index is 0.0319. The number of carbonyl (C=O) groups excluding carboxylic acids is 1. The van der Waals surface area contributed by atoms with Gasteiger partial charge in [0.2, 0.25) is 0 Å². The molecule has 0 saturated carbocycles. The number of amides is 1. The summed E-state index contributed by atoms with van der Waals surface area (Å²) in [5.41, 5.74) is 1.29. The summed E-state index contributed by atoms with van der Waals surface area (Å²) in [6.45, 7) is 0.313. The normalized spacial score (nSPS) is 11.0. The maximum Gasteiger partial charge on any atom is 0.261 e. The van der Waals surface area contributed by atoms with Crippen LogP contribution in [0, 0.1) is 5.82 Å². The molecule has 27 heavy (non-hydrogen) atoms. The maximum atomic E-state index is 13.2. The van der Waals surface area contributed by atoms with Gasteiger partial charge in [0.05, 0.1) is 10.6 Å². The number of rotatable bonds is 6. The number of benzene rings is 2. The Morgan fingerprint density at radius 2 is 1.81 bits per heavy atom. The number of pyridine rings is 1. The number of carbonyl (C=O) groups is 1. The highest BCUT2D eigenvalue weighted by Crippen LogP contribution is 2.17. The van der Waals surface area contributed by atoms with Crippen molar-refractivity contribution in [3.05, 3.63) is 90.0 Å². The predicted molar refractivity (Wildman–Crippen MR) is 99.1 cm³/mol. The molecule has 138 valence electrons. The molecular formula is C19H16FN3O3S. The number of hydrogen-bond acceptors (Lipinski definition) is 4. The van der Waals surface area contributed by atoms with Crippen molar-refractivity contribution in [3.63, 3.8) is 0 Å². The van der Waals surface area contributed by atoms with E-state index in [4.69, 9.17) is 0 Å². The van der Waals surface area contributed by atoms with E-state index in [1.807, 2.05) is 6.07 Å². The lowest BCUT2D eigenvalue weighted by atomic mass is 10.2. The molecule has 6 nitrogen and oxygen atoms in total. The van der Waals surface area contributed by atoms with E-state index in [-0.39, 0.29) is 16.5 Å². The molecular weight excluding hydrogens is 369 g/mol. The Bertz CT molecular complexity index is 1040. The van der Waals surface area contributed by atoms with Crippen molar-refractivity contribution in [2.75, 3.05) is 4.72 Å². The van der Waals surface area contributed by atoms with E-state index in [2.05, 4.69) is 15.0 Å². The van der Waals surface area contributed by atoms with Gasteiger partial charge in [0.1, 0.15) is 5.82 Å². The summed E-state index contributed by atoms with van der Waals surface area (Å²) in [6.07, 6.45) is 3.29. The van der Waals surface area contributed by atoms with Crippen LogP contribution in [0.25, 0.3) is 0 Å². The lowest BCUT2D eigenvalue weighted by Crippen LogP contribution is -2.23. The highest BCUT2D eigenvalue weighted by atomic mass is 32.2. The van der Waals surface area contributed by atoms with Crippen LogP contribution < -0.4 is 10.0 Å². The Kier molecular flexibility index (Phi) is 5.46. The molecule has 1 heterocycles. The van der Waals surface area contributed by atoms with Crippen LogP contribution in [0.4, 0.5) is 10.1 Å². The fourth-order valence-electron chi connectivity index (χ4n) is 2.34. The summed E-state index contributed by atoms with van der Waals surface area (Å²) < 4.78 is 40.2. The number of nitrogens with zero attached hydrogens (tertiary/aromatic N) is 1. The van der Waals surface area contributed by atoms with Gasteiger partial charge in [-0.2, -0.15) is 0 Å². The van der Waals surface area contributed by atoms with Gasteiger partial charge in [-0.05, 0) is 54.1 Å². The highest BCUT2D eigenvalue weighted by Gasteiger charge is 2.15. The van der Waals surface area contributed by atoms with E-state index in [9.17, 15) is 17.6 Å². The Labute approximate surface area is 156 Å². The average Bonchev–Trinajstić information content (AvgIpc) is 2.67. The molecule has 0 aliphatic rings. The molecule has 0 aliphatic carbocycles. The summed E-state index contributed by atoms with van der Waals surface area (Å²) >= 11 is 0. The van der Waals surface area contributed by atoms with Crippen LogP contribution in [-0.4, -0.2) is 19.3 Å². The van der Waals surface area contributed by atoms with Gasteiger partial charge < -0.3 is 5.32 Å². The maximum absolute atomic E-state index is 13.2. The molecule has 0 bridgehead atoms. The van der Waals surface area contributed by atoms with E-state index in [0.717, 1.165) is 11.6 Å². The third-order valence-corrected chi connectivity index (χ3v) is 5.08. The van der Waals surface area contributed by atoms with Gasteiger partial charge in [0, 0.05) is 24.5 Å². The van der Waals surface area contributed by atoms with Crippen molar-refractivity contribution in [3.8, 4) is 0 Å². The van der Waals surface area contributed by atoms with E-state index in [1.54, 1.807) is 18.5 Å². The smallest absolute Gasteiger partial charge is 0.261 e. The molecule has 0 fully saturated rings. The molecule has 2 N–H and O–H groups in total. The summed E-state index contributed by atoms with van der Waals surface area (Å²) in [6, 6.07) is 14.2. The Balaban J connectivity index is 1.67. The molecule has 0 unspecified atom stereocenters.